The van der Waals surface area contributed by atoms with Gasteiger partial charge in [0.15, 0.2) is 0 Å². The molecule has 0 saturated heterocycles. The molecule has 0 radical (unpaired) electrons. The van der Waals surface area contributed by atoms with Gasteiger partial charge in [-0.1, -0.05) is 32.5 Å². The van der Waals surface area contributed by atoms with Crippen molar-refractivity contribution in [3.8, 4) is 0 Å². The number of aliphatic imine (C=N–C) groups is 1. The molecule has 0 saturated carbocycles. The molecule has 0 amide bonds. The molecule has 0 fully saturated rings. The normalized spacial score (nSPS) is 24.4. The zero-order valence-corrected chi connectivity index (χ0v) is 8.30. The number of thiol groups is 1. The average molecular weight is 215 g/mol. The molecule has 0 bridgehead atoms. The van der Waals surface area contributed by atoms with Gasteiger partial charge < -0.3 is 0 Å². The van der Waals surface area contributed by atoms with Gasteiger partial charge in [0.05, 0.1) is 6.54 Å². The van der Waals surface area contributed by atoms with Gasteiger partial charge in [-0.25, -0.2) is 0 Å². The molecule has 1 aliphatic rings. The van der Waals surface area contributed by atoms with Crippen LogP contribution in [0, 0.1) is 5.41 Å². The standard InChI is InChI=1S/C7H13NS2.K.H/c1-7(2,3)5-4-8-6(9)10-5;;/h5H,4H2,1-3H3,(H,8,9);;. The van der Waals surface area contributed by atoms with Gasteiger partial charge >= 0.3 is 51.4 Å². The zero-order chi connectivity index (χ0) is 7.78. The summed E-state index contributed by atoms with van der Waals surface area (Å²) >= 11 is 5.98. The fourth-order valence-electron chi connectivity index (χ4n) is 0.813. The minimum absolute atomic E-state index is 0. The van der Waals surface area contributed by atoms with Gasteiger partial charge in [0.1, 0.15) is 4.38 Å². The predicted octanol–water partition coefficient (Wildman–Crippen LogP) is 1.79. The second-order valence-electron chi connectivity index (χ2n) is 3.60. The summed E-state index contributed by atoms with van der Waals surface area (Å²) in [5.74, 6) is 0. The molecule has 1 atom stereocenters. The molecule has 0 aliphatic carbocycles. The van der Waals surface area contributed by atoms with Gasteiger partial charge in [0, 0.05) is 5.25 Å². The topological polar surface area (TPSA) is 12.4 Å². The van der Waals surface area contributed by atoms with Crippen LogP contribution in [0.1, 0.15) is 20.8 Å². The molecule has 0 aromatic carbocycles. The number of rotatable bonds is 0. The van der Waals surface area contributed by atoms with Crippen LogP contribution < -0.4 is 0 Å². The fourth-order valence-corrected chi connectivity index (χ4v) is 2.18. The summed E-state index contributed by atoms with van der Waals surface area (Å²) in [5, 5.41) is 0.625. The van der Waals surface area contributed by atoms with E-state index in [4.69, 9.17) is 0 Å². The van der Waals surface area contributed by atoms with Crippen molar-refractivity contribution < 1.29 is 0 Å². The summed E-state index contributed by atoms with van der Waals surface area (Å²) in [7, 11) is 0. The van der Waals surface area contributed by atoms with E-state index < -0.39 is 0 Å². The minimum atomic E-state index is 0. The summed E-state index contributed by atoms with van der Waals surface area (Å²) in [6.07, 6.45) is 0. The molecule has 0 aromatic heterocycles. The Morgan fingerprint density at radius 1 is 1.55 bits per heavy atom. The Bertz CT molecular complexity index is 162. The Labute approximate surface area is 121 Å². The van der Waals surface area contributed by atoms with Crippen LogP contribution >= 0.6 is 24.4 Å². The Hall–Kier alpha value is 2.01. The first-order chi connectivity index (χ1) is 4.50. The Balaban J connectivity index is 0.000001000. The van der Waals surface area contributed by atoms with E-state index in [2.05, 4.69) is 38.4 Å². The van der Waals surface area contributed by atoms with E-state index in [9.17, 15) is 0 Å². The monoisotopic (exact) mass is 215 g/mol. The van der Waals surface area contributed by atoms with E-state index in [-0.39, 0.29) is 51.4 Å². The molecular weight excluding hydrogens is 201 g/mol. The van der Waals surface area contributed by atoms with Crippen LogP contribution in [0.15, 0.2) is 4.99 Å². The molecule has 0 aromatic rings. The van der Waals surface area contributed by atoms with E-state index in [1.807, 2.05) is 0 Å². The summed E-state index contributed by atoms with van der Waals surface area (Å²) in [5.41, 5.74) is 0.360. The molecule has 0 N–H and O–H groups in total. The number of thioether (sulfide) groups is 1. The third-order valence-corrected chi connectivity index (χ3v) is 3.54. The Morgan fingerprint density at radius 3 is 2.27 bits per heavy atom. The third-order valence-electron chi connectivity index (χ3n) is 1.61. The van der Waals surface area contributed by atoms with Crippen LogP contribution in [0.5, 0.6) is 0 Å². The van der Waals surface area contributed by atoms with Crippen molar-refractivity contribution in [2.45, 2.75) is 26.0 Å². The summed E-state index contributed by atoms with van der Waals surface area (Å²) in [6.45, 7) is 7.67. The molecule has 1 rings (SSSR count). The molecular formula is C7H14KNS2. The van der Waals surface area contributed by atoms with Crippen LogP contribution in [0.3, 0.4) is 0 Å². The second-order valence-corrected chi connectivity index (χ2v) is 5.51. The maximum absolute atomic E-state index is 4.23. The van der Waals surface area contributed by atoms with Gasteiger partial charge in [-0.2, -0.15) is 0 Å². The van der Waals surface area contributed by atoms with Crippen LogP contribution in [0.2, 0.25) is 0 Å². The maximum atomic E-state index is 4.23. The molecule has 1 aliphatic heterocycles. The van der Waals surface area contributed by atoms with Crippen molar-refractivity contribution in [1.82, 2.24) is 0 Å². The van der Waals surface area contributed by atoms with Crippen LogP contribution in [0.4, 0.5) is 0 Å². The van der Waals surface area contributed by atoms with E-state index >= 15 is 0 Å². The van der Waals surface area contributed by atoms with Crippen LogP contribution in [-0.4, -0.2) is 67.6 Å². The Kier molecular flexibility index (Phi) is 5.95. The fraction of sp³-hybridized carbons (Fsp3) is 0.857. The van der Waals surface area contributed by atoms with E-state index in [1.165, 1.54) is 0 Å². The number of nitrogens with zero attached hydrogens (tertiary/aromatic N) is 1. The van der Waals surface area contributed by atoms with Crippen molar-refractivity contribution in [2.75, 3.05) is 6.54 Å². The van der Waals surface area contributed by atoms with E-state index in [1.54, 1.807) is 11.8 Å². The van der Waals surface area contributed by atoms with Gasteiger partial charge in [-0.3, -0.25) is 4.99 Å². The van der Waals surface area contributed by atoms with Crippen molar-refractivity contribution in [1.29, 1.82) is 0 Å². The van der Waals surface area contributed by atoms with Gasteiger partial charge in [0.25, 0.3) is 0 Å². The average Bonchev–Trinajstić information content (AvgIpc) is 2.11. The first kappa shape index (κ1) is 13.0. The van der Waals surface area contributed by atoms with Crippen molar-refractivity contribution >= 4 is 80.2 Å². The molecule has 11 heavy (non-hydrogen) atoms. The molecule has 0 spiro atoms. The van der Waals surface area contributed by atoms with Crippen molar-refractivity contribution in [3.63, 3.8) is 0 Å². The van der Waals surface area contributed by atoms with Crippen molar-refractivity contribution in [3.05, 3.63) is 0 Å². The van der Waals surface area contributed by atoms with E-state index in [0.29, 0.717) is 10.7 Å². The van der Waals surface area contributed by atoms with Gasteiger partial charge in [-0.05, 0) is 5.41 Å². The quantitative estimate of drug-likeness (QED) is 0.480. The van der Waals surface area contributed by atoms with E-state index in [0.717, 1.165) is 10.9 Å². The number of hydrogen-bond acceptors (Lipinski definition) is 2. The van der Waals surface area contributed by atoms with Crippen LogP contribution in [-0.2, 0) is 0 Å². The Morgan fingerprint density at radius 2 is 2.09 bits per heavy atom. The van der Waals surface area contributed by atoms with Crippen LogP contribution in [0.25, 0.3) is 0 Å². The third kappa shape index (κ3) is 4.16. The summed E-state index contributed by atoms with van der Waals surface area (Å²) in [4.78, 5) is 4.23. The number of hydrogen-bond donors (Lipinski definition) is 1. The first-order valence-electron chi connectivity index (χ1n) is 3.40. The van der Waals surface area contributed by atoms with Gasteiger partial charge in [-0.15, -0.1) is 12.6 Å². The summed E-state index contributed by atoms with van der Waals surface area (Å²) in [6, 6.07) is 0. The molecule has 1 unspecified atom stereocenters. The van der Waals surface area contributed by atoms with Gasteiger partial charge in [0.2, 0.25) is 0 Å². The molecule has 1 heterocycles. The zero-order valence-electron chi connectivity index (χ0n) is 6.59. The second kappa shape index (κ2) is 5.03. The summed E-state index contributed by atoms with van der Waals surface area (Å²) < 4.78 is 0.944. The SMILES string of the molecule is CC(C)(C)C1CN=C(S)S1.[KH]. The van der Waals surface area contributed by atoms with Crippen molar-refractivity contribution in [2.24, 2.45) is 10.4 Å². The molecule has 4 heteroatoms. The first-order valence-corrected chi connectivity index (χ1v) is 4.73. The molecule has 60 valence electrons. The predicted molar refractivity (Wildman–Crippen MR) is 59.3 cm³/mol. The molecule has 1 nitrogen and oxygen atoms in total.